The second-order valence-corrected chi connectivity index (χ2v) is 6.58. The molecule has 1 atom stereocenters. The lowest BCUT2D eigenvalue weighted by molar-refractivity contribution is 0.599. The number of benzene rings is 1. The number of rotatable bonds is 5. The fourth-order valence-electron chi connectivity index (χ4n) is 1.89. The molecule has 6 heteroatoms. The molecular weight excluding hydrogens is 290 g/mol. The van der Waals surface area contributed by atoms with E-state index >= 15 is 0 Å². The van der Waals surface area contributed by atoms with Crippen LogP contribution in [0.1, 0.15) is 10.4 Å². The van der Waals surface area contributed by atoms with Crippen LogP contribution in [-0.2, 0) is 17.7 Å². The predicted octanol–water partition coefficient (Wildman–Crippen LogP) is 2.64. The topological polar surface area (TPSA) is 71.0 Å². The largest absolute Gasteiger partial charge is 0.612 e. The fourth-order valence-corrected chi connectivity index (χ4v) is 3.28. The molecule has 106 valence electrons. The van der Waals surface area contributed by atoms with Crippen LogP contribution in [0.3, 0.4) is 0 Å². The first-order chi connectivity index (χ1) is 9.61. The molecule has 0 radical (unpaired) electrons. The first kappa shape index (κ1) is 15.1. The van der Waals surface area contributed by atoms with Gasteiger partial charge < -0.3 is 15.2 Å². The Bertz CT molecular complexity index is 582. The van der Waals surface area contributed by atoms with Crippen LogP contribution < -0.4 is 10.6 Å². The summed E-state index contributed by atoms with van der Waals surface area (Å²) in [5, 5.41) is 16.1. The molecule has 0 fully saturated rings. The molecule has 4 nitrogen and oxygen atoms in total. The number of thiophene rings is 1. The van der Waals surface area contributed by atoms with E-state index < -0.39 is 11.2 Å². The molecule has 0 saturated heterocycles. The number of anilines is 1. The van der Waals surface area contributed by atoms with Gasteiger partial charge in [0.05, 0.1) is 4.88 Å². The van der Waals surface area contributed by atoms with Crippen molar-refractivity contribution in [3.63, 3.8) is 0 Å². The Morgan fingerprint density at radius 3 is 2.80 bits per heavy atom. The molecule has 2 rings (SSSR count). The summed E-state index contributed by atoms with van der Waals surface area (Å²) in [6, 6.07) is 9.48. The maximum absolute atomic E-state index is 11.7. The van der Waals surface area contributed by atoms with Gasteiger partial charge in [0.25, 0.3) is 0 Å². The number of hydrogen-bond acceptors (Lipinski definition) is 4. The maximum Gasteiger partial charge on any atom is 0.157 e. The minimum atomic E-state index is -1.01. The van der Waals surface area contributed by atoms with Gasteiger partial charge in [-0.1, -0.05) is 6.07 Å². The highest BCUT2D eigenvalue weighted by Crippen LogP contribution is 2.21. The summed E-state index contributed by atoms with van der Waals surface area (Å²) in [7, 11) is 1.86. The fraction of sp³-hybridized carbons (Fsp3) is 0.214. The number of hydrogen-bond donors (Lipinski definition) is 3. The second kappa shape index (κ2) is 6.90. The molecule has 0 bridgehead atoms. The summed E-state index contributed by atoms with van der Waals surface area (Å²) >= 11 is 0.513. The van der Waals surface area contributed by atoms with Crippen molar-refractivity contribution in [1.29, 1.82) is 5.41 Å². The van der Waals surface area contributed by atoms with Gasteiger partial charge in [0.1, 0.15) is 12.1 Å². The smallest absolute Gasteiger partial charge is 0.157 e. The summed E-state index contributed by atoms with van der Waals surface area (Å²) in [4.78, 5) is 1.72. The normalized spacial score (nSPS) is 12.2. The van der Waals surface area contributed by atoms with Gasteiger partial charge in [-0.25, -0.2) is 0 Å². The van der Waals surface area contributed by atoms with E-state index in [1.165, 1.54) is 11.3 Å². The molecule has 3 N–H and O–H groups in total. The Balaban J connectivity index is 2.20. The Morgan fingerprint density at radius 2 is 2.20 bits per heavy atom. The first-order valence-corrected chi connectivity index (χ1v) is 8.56. The van der Waals surface area contributed by atoms with Gasteiger partial charge in [-0.3, -0.25) is 5.41 Å². The molecule has 1 heterocycles. The Kier molecular flexibility index (Phi) is 5.19. The molecule has 0 saturated carbocycles. The monoisotopic (exact) mass is 307 g/mol. The molecule has 0 aliphatic heterocycles. The van der Waals surface area contributed by atoms with Crippen molar-refractivity contribution in [2.75, 3.05) is 18.6 Å². The lowest BCUT2D eigenvalue weighted by Gasteiger charge is -2.13. The van der Waals surface area contributed by atoms with E-state index in [1.54, 1.807) is 6.26 Å². The van der Waals surface area contributed by atoms with Crippen LogP contribution in [0.2, 0.25) is 0 Å². The van der Waals surface area contributed by atoms with Gasteiger partial charge in [0.2, 0.25) is 0 Å². The highest BCUT2D eigenvalue weighted by molar-refractivity contribution is 7.90. The lowest BCUT2D eigenvalue weighted by atomic mass is 10.2. The zero-order chi connectivity index (χ0) is 14.5. The van der Waals surface area contributed by atoms with Gasteiger partial charge >= 0.3 is 0 Å². The summed E-state index contributed by atoms with van der Waals surface area (Å²) < 4.78 is 11.7. The van der Waals surface area contributed by atoms with E-state index in [1.807, 2.05) is 42.8 Å². The minimum absolute atomic E-state index is 0.376. The standard InChI is InChI=1S/C14H17N3OS2/c1-16-9-10-8-11(5-6-13(10)20(2)18)17-14(15)12-4-3-7-19-12/h3-8,16H,9H2,1-2H3,(H2,15,17). The molecule has 0 spiro atoms. The van der Waals surface area contributed by atoms with Crippen molar-refractivity contribution in [1.82, 2.24) is 5.32 Å². The van der Waals surface area contributed by atoms with Crippen LogP contribution in [0.4, 0.5) is 5.69 Å². The van der Waals surface area contributed by atoms with Crippen molar-refractivity contribution in [3.05, 3.63) is 46.2 Å². The molecule has 0 aliphatic rings. The number of nitrogens with one attached hydrogen (secondary N) is 3. The quantitative estimate of drug-likeness (QED) is 0.452. The summed E-state index contributed by atoms with van der Waals surface area (Å²) in [5.41, 5.74) is 1.82. The van der Waals surface area contributed by atoms with E-state index in [-0.39, 0.29) is 0 Å². The molecule has 0 amide bonds. The van der Waals surface area contributed by atoms with Crippen LogP contribution in [0.5, 0.6) is 0 Å². The van der Waals surface area contributed by atoms with Crippen molar-refractivity contribution in [2.24, 2.45) is 0 Å². The molecule has 2 aromatic rings. The average Bonchev–Trinajstić information content (AvgIpc) is 2.93. The highest BCUT2D eigenvalue weighted by Gasteiger charge is 2.12. The van der Waals surface area contributed by atoms with Crippen molar-refractivity contribution < 1.29 is 4.55 Å². The van der Waals surface area contributed by atoms with Gasteiger partial charge in [-0.05, 0) is 47.9 Å². The third-order valence-corrected chi connectivity index (χ3v) is 4.68. The third kappa shape index (κ3) is 3.61. The molecule has 1 aromatic heterocycles. The van der Waals surface area contributed by atoms with Gasteiger partial charge in [-0.2, -0.15) is 0 Å². The molecule has 20 heavy (non-hydrogen) atoms. The summed E-state index contributed by atoms with van der Waals surface area (Å²) in [6.45, 7) is 0.650. The van der Waals surface area contributed by atoms with Crippen LogP contribution in [0.25, 0.3) is 0 Å². The van der Waals surface area contributed by atoms with Crippen LogP contribution in [0.15, 0.2) is 40.6 Å². The number of amidine groups is 1. The van der Waals surface area contributed by atoms with Crippen LogP contribution in [-0.4, -0.2) is 23.7 Å². The Hall–Kier alpha value is -1.34. The van der Waals surface area contributed by atoms with Crippen LogP contribution in [0, 0.1) is 5.41 Å². The molecular formula is C14H17N3OS2. The first-order valence-electron chi connectivity index (χ1n) is 6.12. The Labute approximate surface area is 125 Å². The van der Waals surface area contributed by atoms with E-state index in [2.05, 4.69) is 10.6 Å². The van der Waals surface area contributed by atoms with Gasteiger partial charge in [0.15, 0.2) is 4.90 Å². The molecule has 1 aromatic carbocycles. The highest BCUT2D eigenvalue weighted by atomic mass is 32.2. The third-order valence-electron chi connectivity index (χ3n) is 2.77. The molecule has 1 unspecified atom stereocenters. The minimum Gasteiger partial charge on any atom is -0.612 e. The zero-order valence-corrected chi connectivity index (χ0v) is 13.0. The van der Waals surface area contributed by atoms with Crippen LogP contribution >= 0.6 is 11.3 Å². The van der Waals surface area contributed by atoms with Crippen molar-refractivity contribution in [2.45, 2.75) is 11.4 Å². The van der Waals surface area contributed by atoms with E-state index in [9.17, 15) is 4.55 Å². The zero-order valence-electron chi connectivity index (χ0n) is 11.4. The summed E-state index contributed by atoms with van der Waals surface area (Å²) in [5.74, 6) is 0.376. The average molecular weight is 307 g/mol. The maximum atomic E-state index is 11.7. The molecule has 0 aliphatic carbocycles. The van der Waals surface area contributed by atoms with E-state index in [0.29, 0.717) is 12.4 Å². The second-order valence-electron chi connectivity index (χ2n) is 4.28. The lowest BCUT2D eigenvalue weighted by Crippen LogP contribution is -2.14. The Morgan fingerprint density at radius 1 is 1.40 bits per heavy atom. The van der Waals surface area contributed by atoms with Crippen molar-refractivity contribution in [3.8, 4) is 0 Å². The SMILES string of the molecule is CNCc1cc(NC(=N)c2cccs2)ccc1[S+](C)[O-]. The summed E-state index contributed by atoms with van der Waals surface area (Å²) in [6.07, 6.45) is 1.68. The van der Waals surface area contributed by atoms with E-state index in [4.69, 9.17) is 5.41 Å². The van der Waals surface area contributed by atoms with Gasteiger partial charge in [0, 0.05) is 17.8 Å². The van der Waals surface area contributed by atoms with Crippen molar-refractivity contribution >= 4 is 34.0 Å². The van der Waals surface area contributed by atoms with Gasteiger partial charge in [-0.15, -0.1) is 11.3 Å². The van der Waals surface area contributed by atoms with E-state index in [0.717, 1.165) is 21.0 Å². The predicted molar refractivity (Wildman–Crippen MR) is 86.3 cm³/mol.